The summed E-state index contributed by atoms with van der Waals surface area (Å²) in [6.45, 7) is 7.00. The van der Waals surface area contributed by atoms with E-state index in [2.05, 4.69) is 13.8 Å². The van der Waals surface area contributed by atoms with Crippen LogP contribution in [0.3, 0.4) is 0 Å². The zero-order chi connectivity index (χ0) is 28.4. The summed E-state index contributed by atoms with van der Waals surface area (Å²) in [5.74, 6) is 0.747. The summed E-state index contributed by atoms with van der Waals surface area (Å²) in [5, 5.41) is 11.6. The van der Waals surface area contributed by atoms with Gasteiger partial charge in [-0.3, -0.25) is 9.59 Å². The summed E-state index contributed by atoms with van der Waals surface area (Å²) < 4.78 is 17.4. The fourth-order valence-corrected chi connectivity index (χ4v) is 5.27. The van der Waals surface area contributed by atoms with E-state index in [1.807, 2.05) is 49.4 Å². The number of carbonyl (C=O) groups is 2. The van der Waals surface area contributed by atoms with Gasteiger partial charge < -0.3 is 24.2 Å². The molecular formula is C33H35NO6. The van der Waals surface area contributed by atoms with Gasteiger partial charge in [-0.1, -0.05) is 50.2 Å². The van der Waals surface area contributed by atoms with Crippen molar-refractivity contribution in [3.05, 3.63) is 94.6 Å². The lowest BCUT2D eigenvalue weighted by atomic mass is 9.94. The monoisotopic (exact) mass is 541 g/mol. The van der Waals surface area contributed by atoms with Gasteiger partial charge in [0, 0.05) is 18.5 Å². The molecule has 0 aliphatic carbocycles. The summed E-state index contributed by atoms with van der Waals surface area (Å²) in [6, 6.07) is 19.4. The van der Waals surface area contributed by atoms with E-state index in [0.29, 0.717) is 41.6 Å². The molecule has 7 heteroatoms. The second kappa shape index (κ2) is 11.5. The molecule has 1 N–H and O–H groups in total. The van der Waals surface area contributed by atoms with Crippen molar-refractivity contribution >= 4 is 17.4 Å². The molecule has 3 aromatic rings. The number of benzene rings is 3. The van der Waals surface area contributed by atoms with Crippen LogP contribution in [0.4, 0.5) is 0 Å². The Bertz CT molecular complexity index is 1440. The first-order chi connectivity index (χ1) is 19.3. The molecule has 0 radical (unpaired) electrons. The fraction of sp³-hybridized carbons (Fsp3) is 0.333. The molecular weight excluding hydrogens is 506 g/mol. The first kappa shape index (κ1) is 27.3. The largest absolute Gasteiger partial charge is 0.507 e. The molecule has 2 heterocycles. The molecule has 1 fully saturated rings. The summed E-state index contributed by atoms with van der Waals surface area (Å²) in [4.78, 5) is 28.5. The van der Waals surface area contributed by atoms with Crippen LogP contribution in [0, 0.1) is 5.92 Å². The third kappa shape index (κ3) is 5.41. The molecule has 5 rings (SSSR count). The average molecular weight is 542 g/mol. The molecule has 1 saturated heterocycles. The highest BCUT2D eigenvalue weighted by Gasteiger charge is 2.46. The molecule has 0 unspecified atom stereocenters. The van der Waals surface area contributed by atoms with Crippen LogP contribution in [0.2, 0.25) is 0 Å². The van der Waals surface area contributed by atoms with Crippen LogP contribution in [0.5, 0.6) is 17.2 Å². The predicted octanol–water partition coefficient (Wildman–Crippen LogP) is 6.07. The summed E-state index contributed by atoms with van der Waals surface area (Å²) >= 11 is 0. The summed E-state index contributed by atoms with van der Waals surface area (Å²) in [7, 11) is 1.56. The number of hydrogen-bond acceptors (Lipinski definition) is 6. The number of ketones is 1. The van der Waals surface area contributed by atoms with Gasteiger partial charge in [-0.2, -0.15) is 0 Å². The molecule has 0 spiro atoms. The van der Waals surface area contributed by atoms with Crippen LogP contribution in [0.1, 0.15) is 55.5 Å². The highest BCUT2D eigenvalue weighted by atomic mass is 16.5. The number of carbonyl (C=O) groups excluding carboxylic acids is 2. The van der Waals surface area contributed by atoms with Gasteiger partial charge in [0.15, 0.2) is 11.5 Å². The van der Waals surface area contributed by atoms with E-state index in [1.165, 1.54) is 4.90 Å². The van der Waals surface area contributed by atoms with Crippen molar-refractivity contribution < 1.29 is 28.9 Å². The first-order valence-electron chi connectivity index (χ1n) is 13.7. The Labute approximate surface area is 235 Å². The molecule has 2 aliphatic heterocycles. The summed E-state index contributed by atoms with van der Waals surface area (Å²) in [6.07, 6.45) is 1.64. The molecule has 0 saturated carbocycles. The summed E-state index contributed by atoms with van der Waals surface area (Å²) in [5.41, 5.74) is 2.99. The number of nitrogens with zero attached hydrogens (tertiary/aromatic N) is 1. The molecule has 0 aromatic heterocycles. The zero-order valence-corrected chi connectivity index (χ0v) is 23.3. The number of aliphatic hydroxyl groups excluding tert-OH is 1. The van der Waals surface area contributed by atoms with Crippen molar-refractivity contribution in [2.24, 2.45) is 5.92 Å². The third-order valence-corrected chi connectivity index (χ3v) is 7.36. The van der Waals surface area contributed by atoms with Crippen molar-refractivity contribution in [3.63, 3.8) is 0 Å². The van der Waals surface area contributed by atoms with Gasteiger partial charge in [-0.05, 0) is 66.3 Å². The van der Waals surface area contributed by atoms with E-state index in [0.717, 1.165) is 23.3 Å². The topological polar surface area (TPSA) is 85.3 Å². The molecule has 2 aliphatic rings. The minimum absolute atomic E-state index is 0.0394. The number of Topliss-reactive ketones (excluding diaryl/α,β-unsaturated/α-hetero) is 1. The van der Waals surface area contributed by atoms with Gasteiger partial charge in [0.1, 0.15) is 17.6 Å². The van der Waals surface area contributed by atoms with E-state index in [9.17, 15) is 14.7 Å². The van der Waals surface area contributed by atoms with Crippen LogP contribution in [0.25, 0.3) is 5.76 Å². The lowest BCUT2D eigenvalue weighted by Crippen LogP contribution is -2.29. The van der Waals surface area contributed by atoms with E-state index < -0.39 is 17.7 Å². The normalized spacial score (nSPS) is 19.6. The van der Waals surface area contributed by atoms with Gasteiger partial charge in [0.25, 0.3) is 11.7 Å². The Morgan fingerprint density at radius 2 is 1.82 bits per heavy atom. The van der Waals surface area contributed by atoms with Gasteiger partial charge in [-0.15, -0.1) is 0 Å². The van der Waals surface area contributed by atoms with E-state index >= 15 is 0 Å². The van der Waals surface area contributed by atoms with Crippen molar-refractivity contribution in [1.29, 1.82) is 0 Å². The van der Waals surface area contributed by atoms with Crippen LogP contribution in [-0.4, -0.2) is 41.5 Å². The number of fused-ring (bicyclic) bond motifs is 1. The highest BCUT2D eigenvalue weighted by Crippen LogP contribution is 2.43. The lowest BCUT2D eigenvalue weighted by Gasteiger charge is -2.26. The number of aliphatic hydroxyl groups is 1. The SMILES string of the molecule is COc1cc([C@H]2/C(=C(\O)c3ccc4c(c3)C[C@@H](C)O4)C(=O)C(=O)N2Cc2ccccc2)ccc1OCCC(C)C. The maximum Gasteiger partial charge on any atom is 0.295 e. The van der Waals surface area contributed by atoms with Crippen molar-refractivity contribution in [3.8, 4) is 17.2 Å². The Morgan fingerprint density at radius 1 is 1.05 bits per heavy atom. The molecule has 40 heavy (non-hydrogen) atoms. The van der Waals surface area contributed by atoms with Gasteiger partial charge >= 0.3 is 0 Å². The van der Waals surface area contributed by atoms with Crippen molar-refractivity contribution in [2.45, 2.75) is 52.3 Å². The number of hydrogen-bond donors (Lipinski definition) is 1. The van der Waals surface area contributed by atoms with Gasteiger partial charge in [-0.25, -0.2) is 0 Å². The number of rotatable bonds is 9. The Balaban J connectivity index is 1.59. The van der Waals surface area contributed by atoms with E-state index in [1.54, 1.807) is 31.4 Å². The van der Waals surface area contributed by atoms with Gasteiger partial charge in [0.2, 0.25) is 0 Å². The predicted molar refractivity (Wildman–Crippen MR) is 152 cm³/mol. The van der Waals surface area contributed by atoms with Crippen molar-refractivity contribution in [1.82, 2.24) is 4.90 Å². The quantitative estimate of drug-likeness (QED) is 0.201. The van der Waals surface area contributed by atoms with E-state index in [-0.39, 0.29) is 24.0 Å². The Morgan fingerprint density at radius 3 is 2.55 bits per heavy atom. The second-order valence-corrected chi connectivity index (χ2v) is 10.8. The molecule has 1 amide bonds. The van der Waals surface area contributed by atoms with Crippen molar-refractivity contribution in [2.75, 3.05) is 13.7 Å². The molecule has 0 bridgehead atoms. The third-order valence-electron chi connectivity index (χ3n) is 7.36. The Kier molecular flexibility index (Phi) is 7.83. The minimum Gasteiger partial charge on any atom is -0.507 e. The number of methoxy groups -OCH3 is 1. The standard InChI is InChI=1S/C33H35NO6/c1-20(2)14-15-39-27-13-10-23(18-28(27)38-4)30-29(31(35)24-11-12-26-25(17-24)16-21(3)40-26)32(36)33(37)34(30)19-22-8-6-5-7-9-22/h5-13,17-18,20-21,30,35H,14-16,19H2,1-4H3/b31-29+/t21-,30+/m1/s1. The zero-order valence-electron chi connectivity index (χ0n) is 23.3. The Hall–Kier alpha value is -4.26. The fourth-order valence-electron chi connectivity index (χ4n) is 5.27. The number of ether oxygens (including phenoxy) is 3. The lowest BCUT2D eigenvalue weighted by molar-refractivity contribution is -0.140. The van der Waals surface area contributed by atoms with E-state index in [4.69, 9.17) is 14.2 Å². The average Bonchev–Trinajstić information content (AvgIpc) is 3.44. The number of amides is 1. The highest BCUT2D eigenvalue weighted by molar-refractivity contribution is 6.46. The molecule has 2 atom stereocenters. The maximum absolute atomic E-state index is 13.5. The van der Waals surface area contributed by atoms with Crippen LogP contribution in [-0.2, 0) is 22.6 Å². The smallest absolute Gasteiger partial charge is 0.295 e. The van der Waals surface area contributed by atoms with Gasteiger partial charge in [0.05, 0.1) is 25.3 Å². The molecule has 3 aromatic carbocycles. The van der Waals surface area contributed by atoms with Crippen LogP contribution >= 0.6 is 0 Å². The van der Waals surface area contributed by atoms with Crippen LogP contribution < -0.4 is 14.2 Å². The molecule has 7 nitrogen and oxygen atoms in total. The molecule has 208 valence electrons. The maximum atomic E-state index is 13.5. The number of likely N-dealkylation sites (tertiary alicyclic amines) is 1. The van der Waals surface area contributed by atoms with Crippen LogP contribution in [0.15, 0.2) is 72.3 Å². The first-order valence-corrected chi connectivity index (χ1v) is 13.7. The second-order valence-electron chi connectivity index (χ2n) is 10.8. The minimum atomic E-state index is -0.817.